The summed E-state index contributed by atoms with van der Waals surface area (Å²) in [6, 6.07) is 0.231. The lowest BCUT2D eigenvalue weighted by Gasteiger charge is -2.38. The van der Waals surface area contributed by atoms with E-state index in [1.165, 1.54) is 38.5 Å². The summed E-state index contributed by atoms with van der Waals surface area (Å²) in [6.07, 6.45) is 9.96. The summed E-state index contributed by atoms with van der Waals surface area (Å²) in [4.78, 5) is 0. The SMILES string of the molecule is CCCCCCC(N)C1(C)CCCCO1. The number of nitrogens with two attached hydrogens (primary N) is 1. The highest BCUT2D eigenvalue weighted by Gasteiger charge is 2.33. The predicted octanol–water partition coefficient (Wildman–Crippen LogP) is 3.24. The van der Waals surface area contributed by atoms with Crippen molar-refractivity contribution in [3.05, 3.63) is 0 Å². The van der Waals surface area contributed by atoms with E-state index in [0.29, 0.717) is 0 Å². The van der Waals surface area contributed by atoms with Crippen molar-refractivity contribution in [2.75, 3.05) is 6.61 Å². The van der Waals surface area contributed by atoms with Gasteiger partial charge >= 0.3 is 0 Å². The van der Waals surface area contributed by atoms with Gasteiger partial charge in [-0.25, -0.2) is 0 Å². The summed E-state index contributed by atoms with van der Waals surface area (Å²) in [5, 5.41) is 0. The fraction of sp³-hybridized carbons (Fsp3) is 1.00. The lowest BCUT2D eigenvalue weighted by atomic mass is 9.86. The normalized spacial score (nSPS) is 29.0. The van der Waals surface area contributed by atoms with Crippen molar-refractivity contribution < 1.29 is 4.74 Å². The van der Waals surface area contributed by atoms with Gasteiger partial charge in [0.25, 0.3) is 0 Å². The molecule has 1 aliphatic rings. The third-order valence-electron chi connectivity index (χ3n) is 3.65. The van der Waals surface area contributed by atoms with E-state index in [1.54, 1.807) is 0 Å². The van der Waals surface area contributed by atoms with Gasteiger partial charge in [0.15, 0.2) is 0 Å². The summed E-state index contributed by atoms with van der Waals surface area (Å²) < 4.78 is 5.86. The van der Waals surface area contributed by atoms with E-state index in [2.05, 4.69) is 13.8 Å². The van der Waals surface area contributed by atoms with Crippen LogP contribution in [0.15, 0.2) is 0 Å². The van der Waals surface area contributed by atoms with E-state index in [0.717, 1.165) is 19.4 Å². The highest BCUT2D eigenvalue weighted by molar-refractivity contribution is 4.89. The Morgan fingerprint density at radius 3 is 2.67 bits per heavy atom. The van der Waals surface area contributed by atoms with Crippen LogP contribution in [0.5, 0.6) is 0 Å². The maximum atomic E-state index is 6.24. The third-order valence-corrected chi connectivity index (χ3v) is 3.65. The molecule has 2 atom stereocenters. The van der Waals surface area contributed by atoms with Crippen LogP contribution >= 0.6 is 0 Å². The van der Waals surface area contributed by atoms with Crippen LogP contribution in [-0.2, 0) is 4.74 Å². The Labute approximate surface area is 94.6 Å². The molecule has 0 saturated carbocycles. The van der Waals surface area contributed by atoms with Gasteiger partial charge in [-0.05, 0) is 32.6 Å². The molecule has 90 valence electrons. The van der Waals surface area contributed by atoms with Gasteiger partial charge in [0.1, 0.15) is 0 Å². The second kappa shape index (κ2) is 6.49. The molecule has 1 fully saturated rings. The Balaban J connectivity index is 2.22. The van der Waals surface area contributed by atoms with Crippen molar-refractivity contribution in [3.8, 4) is 0 Å². The molecule has 2 unspecified atom stereocenters. The second-order valence-corrected chi connectivity index (χ2v) is 5.07. The minimum atomic E-state index is -0.0372. The Bertz CT molecular complexity index is 164. The summed E-state index contributed by atoms with van der Waals surface area (Å²) in [6.45, 7) is 5.33. The van der Waals surface area contributed by atoms with Crippen LogP contribution < -0.4 is 5.73 Å². The lowest BCUT2D eigenvalue weighted by molar-refractivity contribution is -0.0826. The number of rotatable bonds is 6. The molecule has 2 heteroatoms. The van der Waals surface area contributed by atoms with Crippen molar-refractivity contribution in [1.29, 1.82) is 0 Å². The minimum absolute atomic E-state index is 0.0372. The molecule has 1 heterocycles. The van der Waals surface area contributed by atoms with Crippen LogP contribution in [0.2, 0.25) is 0 Å². The van der Waals surface area contributed by atoms with Crippen LogP contribution in [0.4, 0.5) is 0 Å². The summed E-state index contributed by atoms with van der Waals surface area (Å²) in [5.74, 6) is 0. The smallest absolute Gasteiger partial charge is 0.0804 e. The predicted molar refractivity (Wildman–Crippen MR) is 64.9 cm³/mol. The fourth-order valence-corrected chi connectivity index (χ4v) is 2.34. The zero-order chi connectivity index (χ0) is 11.1. The van der Waals surface area contributed by atoms with Crippen molar-refractivity contribution in [3.63, 3.8) is 0 Å². The van der Waals surface area contributed by atoms with Crippen LogP contribution in [0.3, 0.4) is 0 Å². The Hall–Kier alpha value is -0.0800. The summed E-state index contributed by atoms with van der Waals surface area (Å²) >= 11 is 0. The van der Waals surface area contributed by atoms with E-state index < -0.39 is 0 Å². The number of hydrogen-bond acceptors (Lipinski definition) is 2. The molecule has 1 saturated heterocycles. The third kappa shape index (κ3) is 4.12. The topological polar surface area (TPSA) is 35.2 Å². The van der Waals surface area contributed by atoms with E-state index in [-0.39, 0.29) is 11.6 Å². The van der Waals surface area contributed by atoms with E-state index in [9.17, 15) is 0 Å². The van der Waals surface area contributed by atoms with Crippen molar-refractivity contribution in [2.24, 2.45) is 5.73 Å². The van der Waals surface area contributed by atoms with Crippen molar-refractivity contribution in [1.82, 2.24) is 0 Å². The van der Waals surface area contributed by atoms with Crippen LogP contribution in [-0.4, -0.2) is 18.2 Å². The van der Waals surface area contributed by atoms with Crippen molar-refractivity contribution in [2.45, 2.75) is 76.9 Å². The quantitative estimate of drug-likeness (QED) is 0.687. The minimum Gasteiger partial charge on any atom is -0.374 e. The number of hydrogen-bond donors (Lipinski definition) is 1. The van der Waals surface area contributed by atoms with Crippen molar-refractivity contribution >= 4 is 0 Å². The largest absolute Gasteiger partial charge is 0.374 e. The molecule has 1 rings (SSSR count). The molecule has 0 amide bonds. The molecule has 0 bridgehead atoms. The maximum Gasteiger partial charge on any atom is 0.0804 e. The Morgan fingerprint density at radius 2 is 2.07 bits per heavy atom. The molecular formula is C13H27NO. The molecule has 0 aromatic carbocycles. The second-order valence-electron chi connectivity index (χ2n) is 5.07. The molecule has 2 N–H and O–H groups in total. The first kappa shape index (κ1) is 13.0. The Kier molecular flexibility index (Phi) is 5.62. The zero-order valence-electron chi connectivity index (χ0n) is 10.4. The highest BCUT2D eigenvalue weighted by atomic mass is 16.5. The number of unbranched alkanes of at least 4 members (excludes halogenated alkanes) is 3. The zero-order valence-corrected chi connectivity index (χ0v) is 10.4. The van der Waals surface area contributed by atoms with Gasteiger partial charge in [-0.15, -0.1) is 0 Å². The standard InChI is InChI=1S/C13H27NO/c1-3-4-5-6-9-12(14)13(2)10-7-8-11-15-13/h12H,3-11,14H2,1-2H3. The molecule has 0 aliphatic carbocycles. The van der Waals surface area contributed by atoms with E-state index in [1.807, 2.05) is 0 Å². The number of ether oxygens (including phenoxy) is 1. The molecule has 1 aliphatic heterocycles. The first-order chi connectivity index (χ1) is 7.19. The first-order valence-corrected chi connectivity index (χ1v) is 6.58. The lowest BCUT2D eigenvalue weighted by Crippen LogP contribution is -2.49. The van der Waals surface area contributed by atoms with Gasteiger partial charge in [-0.1, -0.05) is 32.6 Å². The van der Waals surface area contributed by atoms with Crippen LogP contribution in [0.25, 0.3) is 0 Å². The summed E-state index contributed by atoms with van der Waals surface area (Å²) in [5.41, 5.74) is 6.20. The van der Waals surface area contributed by atoms with Gasteiger partial charge in [0, 0.05) is 12.6 Å². The van der Waals surface area contributed by atoms with Crippen LogP contribution in [0.1, 0.15) is 65.2 Å². The molecule has 0 aromatic rings. The van der Waals surface area contributed by atoms with Crippen LogP contribution in [0, 0.1) is 0 Å². The highest BCUT2D eigenvalue weighted by Crippen LogP contribution is 2.29. The summed E-state index contributed by atoms with van der Waals surface area (Å²) in [7, 11) is 0. The van der Waals surface area contributed by atoms with Gasteiger partial charge in [-0.3, -0.25) is 0 Å². The van der Waals surface area contributed by atoms with E-state index >= 15 is 0 Å². The monoisotopic (exact) mass is 213 g/mol. The van der Waals surface area contributed by atoms with E-state index in [4.69, 9.17) is 10.5 Å². The molecule has 15 heavy (non-hydrogen) atoms. The fourth-order valence-electron chi connectivity index (χ4n) is 2.34. The first-order valence-electron chi connectivity index (χ1n) is 6.58. The van der Waals surface area contributed by atoms with Gasteiger partial charge < -0.3 is 10.5 Å². The average Bonchev–Trinajstić information content (AvgIpc) is 2.25. The molecule has 0 aromatic heterocycles. The van der Waals surface area contributed by atoms with Gasteiger partial charge in [0.05, 0.1) is 5.60 Å². The molecular weight excluding hydrogens is 186 g/mol. The van der Waals surface area contributed by atoms with Gasteiger partial charge in [-0.2, -0.15) is 0 Å². The average molecular weight is 213 g/mol. The Morgan fingerprint density at radius 1 is 1.27 bits per heavy atom. The van der Waals surface area contributed by atoms with Gasteiger partial charge in [0.2, 0.25) is 0 Å². The molecule has 0 spiro atoms. The maximum absolute atomic E-state index is 6.24. The molecule has 2 nitrogen and oxygen atoms in total. The molecule has 0 radical (unpaired) electrons.